The van der Waals surface area contributed by atoms with Crippen LogP contribution in [0.3, 0.4) is 0 Å². The number of hydrogen-bond donors (Lipinski definition) is 1. The Kier molecular flexibility index (Phi) is 5.18. The Bertz CT molecular complexity index is 880. The van der Waals surface area contributed by atoms with Crippen LogP contribution < -0.4 is 5.32 Å². The standard InChI is InChI=1S/C21H23N3OS/c1-14(15-8-6-5-7-9-15)22-18(25)20-24-23-19(26-20)16-10-12-17(13-11-16)21(2,3)4/h5-14H,1-4H3,(H,22,25)/t14-/m0/s1. The van der Waals surface area contributed by atoms with Crippen molar-refractivity contribution in [3.63, 3.8) is 0 Å². The van der Waals surface area contributed by atoms with Crippen molar-refractivity contribution in [2.75, 3.05) is 0 Å². The molecule has 1 N–H and O–H groups in total. The Morgan fingerprint density at radius 3 is 2.27 bits per heavy atom. The average molecular weight is 366 g/mol. The molecule has 5 heteroatoms. The molecule has 2 aromatic carbocycles. The summed E-state index contributed by atoms with van der Waals surface area (Å²) in [7, 11) is 0. The minimum absolute atomic E-state index is 0.0814. The summed E-state index contributed by atoms with van der Waals surface area (Å²) in [5, 5.41) is 12.4. The molecule has 3 rings (SSSR count). The van der Waals surface area contributed by atoms with Gasteiger partial charge in [-0.3, -0.25) is 4.79 Å². The molecule has 4 nitrogen and oxygen atoms in total. The van der Waals surface area contributed by atoms with E-state index in [0.717, 1.165) is 16.1 Å². The van der Waals surface area contributed by atoms with Crippen molar-refractivity contribution in [3.8, 4) is 10.6 Å². The number of nitrogens with zero attached hydrogens (tertiary/aromatic N) is 2. The molecular weight excluding hydrogens is 342 g/mol. The molecule has 1 heterocycles. The van der Waals surface area contributed by atoms with Gasteiger partial charge in [-0.15, -0.1) is 10.2 Å². The van der Waals surface area contributed by atoms with E-state index in [0.29, 0.717) is 5.01 Å². The van der Waals surface area contributed by atoms with Crippen LogP contribution in [-0.4, -0.2) is 16.1 Å². The molecule has 134 valence electrons. The zero-order valence-corrected chi connectivity index (χ0v) is 16.3. The molecule has 0 aliphatic heterocycles. The van der Waals surface area contributed by atoms with Crippen molar-refractivity contribution in [3.05, 3.63) is 70.7 Å². The summed E-state index contributed by atoms with van der Waals surface area (Å²) in [5.41, 5.74) is 3.41. The molecule has 0 fully saturated rings. The largest absolute Gasteiger partial charge is 0.343 e. The number of benzene rings is 2. The van der Waals surface area contributed by atoms with Crippen molar-refractivity contribution in [2.24, 2.45) is 0 Å². The minimum Gasteiger partial charge on any atom is -0.343 e. The minimum atomic E-state index is -0.198. The monoisotopic (exact) mass is 365 g/mol. The van der Waals surface area contributed by atoms with Crippen LogP contribution in [0.4, 0.5) is 0 Å². The summed E-state index contributed by atoms with van der Waals surface area (Å²) in [5.74, 6) is -0.198. The fourth-order valence-corrected chi connectivity index (χ4v) is 3.38. The van der Waals surface area contributed by atoms with E-state index in [-0.39, 0.29) is 17.4 Å². The number of carbonyl (C=O) groups excluding carboxylic acids is 1. The Balaban J connectivity index is 1.72. The van der Waals surface area contributed by atoms with Gasteiger partial charge in [0.2, 0.25) is 5.01 Å². The highest BCUT2D eigenvalue weighted by Crippen LogP contribution is 2.28. The van der Waals surface area contributed by atoms with Gasteiger partial charge in [-0.1, -0.05) is 86.7 Å². The number of carbonyl (C=O) groups is 1. The Morgan fingerprint density at radius 1 is 1.00 bits per heavy atom. The molecule has 0 unspecified atom stereocenters. The van der Waals surface area contributed by atoms with Crippen LogP contribution in [0.15, 0.2) is 54.6 Å². The molecule has 0 radical (unpaired) electrons. The molecule has 0 spiro atoms. The van der Waals surface area contributed by atoms with Gasteiger partial charge in [-0.2, -0.15) is 0 Å². The highest BCUT2D eigenvalue weighted by molar-refractivity contribution is 7.16. The third-order valence-corrected chi connectivity index (χ3v) is 5.24. The lowest BCUT2D eigenvalue weighted by Gasteiger charge is -2.18. The molecule has 26 heavy (non-hydrogen) atoms. The maximum absolute atomic E-state index is 12.5. The van der Waals surface area contributed by atoms with Crippen molar-refractivity contribution < 1.29 is 4.79 Å². The highest BCUT2D eigenvalue weighted by atomic mass is 32.1. The molecule has 1 atom stereocenters. The highest BCUT2D eigenvalue weighted by Gasteiger charge is 2.18. The van der Waals surface area contributed by atoms with Gasteiger partial charge >= 0.3 is 0 Å². The summed E-state index contributed by atoms with van der Waals surface area (Å²) in [6.07, 6.45) is 0. The molecule has 0 saturated heterocycles. The first-order chi connectivity index (χ1) is 12.3. The Labute approximate surface area is 158 Å². The second-order valence-electron chi connectivity index (χ2n) is 7.35. The van der Waals surface area contributed by atoms with Gasteiger partial charge in [0.05, 0.1) is 6.04 Å². The fraction of sp³-hybridized carbons (Fsp3) is 0.286. The lowest BCUT2D eigenvalue weighted by molar-refractivity contribution is 0.0939. The van der Waals surface area contributed by atoms with Gasteiger partial charge < -0.3 is 5.32 Å². The molecule has 0 aliphatic rings. The molecule has 0 aliphatic carbocycles. The predicted molar refractivity (Wildman–Crippen MR) is 106 cm³/mol. The normalized spacial score (nSPS) is 12.6. The van der Waals surface area contributed by atoms with E-state index in [1.54, 1.807) is 0 Å². The van der Waals surface area contributed by atoms with Crippen LogP contribution in [0.1, 0.15) is 54.7 Å². The van der Waals surface area contributed by atoms with E-state index in [4.69, 9.17) is 0 Å². The SMILES string of the molecule is C[C@H](NC(=O)c1nnc(-c2ccc(C(C)(C)C)cc2)s1)c1ccccc1. The summed E-state index contributed by atoms with van der Waals surface area (Å²) in [6.45, 7) is 8.51. The van der Waals surface area contributed by atoms with E-state index < -0.39 is 0 Å². The first kappa shape index (κ1) is 18.3. The third kappa shape index (κ3) is 4.17. The molecule has 0 bridgehead atoms. The molecule has 1 amide bonds. The molecular formula is C21H23N3OS. The third-order valence-electron chi connectivity index (χ3n) is 4.26. The van der Waals surface area contributed by atoms with E-state index in [9.17, 15) is 4.79 Å². The zero-order valence-electron chi connectivity index (χ0n) is 15.5. The van der Waals surface area contributed by atoms with Crippen LogP contribution >= 0.6 is 11.3 Å². The molecule has 1 aromatic heterocycles. The summed E-state index contributed by atoms with van der Waals surface area (Å²) < 4.78 is 0. The summed E-state index contributed by atoms with van der Waals surface area (Å²) in [6, 6.07) is 18.1. The van der Waals surface area contributed by atoms with Crippen LogP contribution in [0.25, 0.3) is 10.6 Å². The lowest BCUT2D eigenvalue weighted by atomic mass is 9.87. The maximum Gasteiger partial charge on any atom is 0.282 e. The van der Waals surface area contributed by atoms with Crippen molar-refractivity contribution in [1.29, 1.82) is 0 Å². The average Bonchev–Trinajstić information content (AvgIpc) is 3.12. The van der Waals surface area contributed by atoms with Gasteiger partial charge in [-0.05, 0) is 23.5 Å². The Morgan fingerprint density at radius 2 is 1.65 bits per heavy atom. The smallest absolute Gasteiger partial charge is 0.282 e. The predicted octanol–water partition coefficient (Wildman–Crippen LogP) is 4.99. The van der Waals surface area contributed by atoms with Gasteiger partial charge in [-0.25, -0.2) is 0 Å². The van der Waals surface area contributed by atoms with E-state index >= 15 is 0 Å². The van der Waals surface area contributed by atoms with Gasteiger partial charge in [0.15, 0.2) is 0 Å². The zero-order chi connectivity index (χ0) is 18.7. The lowest BCUT2D eigenvalue weighted by Crippen LogP contribution is -2.26. The quantitative estimate of drug-likeness (QED) is 0.708. The summed E-state index contributed by atoms with van der Waals surface area (Å²) in [4.78, 5) is 12.5. The van der Waals surface area contributed by atoms with Crippen LogP contribution in [0, 0.1) is 0 Å². The van der Waals surface area contributed by atoms with Gasteiger partial charge in [0, 0.05) is 5.56 Å². The summed E-state index contributed by atoms with van der Waals surface area (Å²) >= 11 is 1.31. The number of hydrogen-bond acceptors (Lipinski definition) is 4. The van der Waals surface area contributed by atoms with Crippen LogP contribution in [0.2, 0.25) is 0 Å². The van der Waals surface area contributed by atoms with E-state index in [1.165, 1.54) is 16.9 Å². The molecule has 3 aromatic rings. The van der Waals surface area contributed by atoms with E-state index in [2.05, 4.69) is 48.4 Å². The van der Waals surface area contributed by atoms with E-state index in [1.807, 2.05) is 49.4 Å². The van der Waals surface area contributed by atoms with Crippen LogP contribution in [0.5, 0.6) is 0 Å². The molecule has 0 saturated carbocycles. The maximum atomic E-state index is 12.5. The fourth-order valence-electron chi connectivity index (χ4n) is 2.63. The topological polar surface area (TPSA) is 54.9 Å². The Hall–Kier alpha value is -2.53. The number of rotatable bonds is 4. The second-order valence-corrected chi connectivity index (χ2v) is 8.32. The van der Waals surface area contributed by atoms with Gasteiger partial charge in [0.1, 0.15) is 5.01 Å². The first-order valence-corrected chi connectivity index (χ1v) is 9.46. The van der Waals surface area contributed by atoms with Gasteiger partial charge in [0.25, 0.3) is 5.91 Å². The number of amides is 1. The number of aromatic nitrogens is 2. The first-order valence-electron chi connectivity index (χ1n) is 8.65. The van der Waals surface area contributed by atoms with Crippen molar-refractivity contribution >= 4 is 17.2 Å². The van der Waals surface area contributed by atoms with Crippen LogP contribution in [-0.2, 0) is 5.41 Å². The number of nitrogens with one attached hydrogen (secondary N) is 1. The van der Waals surface area contributed by atoms with Crippen molar-refractivity contribution in [2.45, 2.75) is 39.2 Å². The second kappa shape index (κ2) is 7.38. The van der Waals surface area contributed by atoms with Crippen molar-refractivity contribution in [1.82, 2.24) is 15.5 Å².